The van der Waals surface area contributed by atoms with Crippen LogP contribution in [0, 0.1) is 0 Å². The maximum Gasteiger partial charge on any atom is 0.410 e. The molecule has 0 aliphatic carbocycles. The van der Waals surface area contributed by atoms with Gasteiger partial charge in [0.1, 0.15) is 12.6 Å². The van der Waals surface area contributed by atoms with Crippen LogP contribution < -0.4 is 15.4 Å². The minimum atomic E-state index is -4.19. The number of likely N-dealkylation sites (tertiary alicyclic amines) is 1. The number of carboxylic acid groups (broad SMARTS) is 1. The van der Waals surface area contributed by atoms with Crippen molar-refractivity contribution in [3.63, 3.8) is 0 Å². The minimum Gasteiger partial charge on any atom is -0.480 e. The molecule has 1 saturated heterocycles. The second-order valence-electron chi connectivity index (χ2n) is 10.6. The maximum atomic E-state index is 13.2. The third kappa shape index (κ3) is 7.26. The molecule has 44 heavy (non-hydrogen) atoms. The third-order valence-electron chi connectivity index (χ3n) is 7.44. The van der Waals surface area contributed by atoms with E-state index in [1.165, 1.54) is 24.3 Å². The molecule has 2 amide bonds. The van der Waals surface area contributed by atoms with Gasteiger partial charge < -0.3 is 25.3 Å². The molecule has 2 unspecified atom stereocenters. The van der Waals surface area contributed by atoms with Crippen LogP contribution in [-0.2, 0) is 35.8 Å². The van der Waals surface area contributed by atoms with Crippen molar-refractivity contribution in [2.24, 2.45) is 10.1 Å². The summed E-state index contributed by atoms with van der Waals surface area (Å²) < 4.78 is 33.3. The van der Waals surface area contributed by atoms with Crippen LogP contribution in [0.5, 0.6) is 0 Å². The smallest absolute Gasteiger partial charge is 0.410 e. The van der Waals surface area contributed by atoms with Crippen LogP contribution in [0.25, 0.3) is 0 Å². The Kier molecular flexibility index (Phi) is 9.29. The second-order valence-corrected chi connectivity index (χ2v) is 12.3. The lowest BCUT2D eigenvalue weighted by atomic mass is 9.95. The molecule has 0 radical (unpaired) electrons. The molecule has 15 nitrogen and oxygen atoms in total. The van der Waals surface area contributed by atoms with Crippen molar-refractivity contribution in [3.8, 4) is 0 Å². The number of hydrogen-bond donors (Lipinski definition) is 4. The maximum absolute atomic E-state index is 13.2. The Hall–Kier alpha value is -4.70. The van der Waals surface area contributed by atoms with Gasteiger partial charge in [0.05, 0.1) is 37.0 Å². The lowest BCUT2D eigenvalue weighted by Gasteiger charge is -2.24. The Morgan fingerprint density at radius 2 is 1.93 bits per heavy atom. The van der Waals surface area contributed by atoms with Crippen LogP contribution in [0.15, 0.2) is 75.7 Å². The summed E-state index contributed by atoms with van der Waals surface area (Å²) in [6.07, 6.45) is 0.222. The summed E-state index contributed by atoms with van der Waals surface area (Å²) in [6.45, 7) is 1.32. The van der Waals surface area contributed by atoms with Crippen molar-refractivity contribution in [1.82, 2.24) is 25.2 Å². The number of carboxylic acids is 1. The van der Waals surface area contributed by atoms with Gasteiger partial charge in [-0.1, -0.05) is 53.7 Å². The van der Waals surface area contributed by atoms with Crippen LogP contribution in [-0.4, -0.2) is 104 Å². The number of oxime groups is 1. The van der Waals surface area contributed by atoms with E-state index in [0.717, 1.165) is 10.5 Å². The molecule has 3 heterocycles. The van der Waals surface area contributed by atoms with Gasteiger partial charge in [-0.2, -0.15) is 4.72 Å². The Morgan fingerprint density at radius 3 is 2.59 bits per heavy atom. The molecule has 4 N–H and O–H groups in total. The summed E-state index contributed by atoms with van der Waals surface area (Å²) in [5.74, 6) is -0.746. The van der Waals surface area contributed by atoms with Crippen molar-refractivity contribution < 1.29 is 37.5 Å². The molecule has 1 spiro atoms. The first-order valence-electron chi connectivity index (χ1n) is 13.9. The molecule has 2 aromatic rings. The minimum absolute atomic E-state index is 0.0711. The number of amides is 2. The summed E-state index contributed by atoms with van der Waals surface area (Å²) in [6, 6.07) is 14.5. The Bertz CT molecular complexity index is 1520. The van der Waals surface area contributed by atoms with E-state index in [2.05, 4.69) is 25.5 Å². The first kappa shape index (κ1) is 30.7. The van der Waals surface area contributed by atoms with Gasteiger partial charge in [0.2, 0.25) is 16.4 Å². The molecule has 16 heteroatoms. The van der Waals surface area contributed by atoms with Crippen molar-refractivity contribution in [1.29, 1.82) is 0 Å². The molecule has 5 rings (SSSR count). The number of nitrogens with zero attached hydrogens (tertiary/aromatic N) is 4. The number of aliphatic imine (C=N–C) groups is 1. The van der Waals surface area contributed by atoms with Crippen molar-refractivity contribution in [2.45, 2.75) is 42.0 Å². The van der Waals surface area contributed by atoms with E-state index in [-0.39, 0.29) is 36.3 Å². The molecule has 3 atom stereocenters. The highest BCUT2D eigenvalue weighted by atomic mass is 32.2. The van der Waals surface area contributed by atoms with Gasteiger partial charge in [0.25, 0.3) is 0 Å². The van der Waals surface area contributed by atoms with Crippen LogP contribution in [0.2, 0.25) is 0 Å². The fourth-order valence-corrected chi connectivity index (χ4v) is 6.45. The predicted molar refractivity (Wildman–Crippen MR) is 157 cm³/mol. The first-order chi connectivity index (χ1) is 21.2. The number of amidine groups is 1. The number of benzene rings is 2. The van der Waals surface area contributed by atoms with Gasteiger partial charge in [0.15, 0.2) is 17.4 Å². The van der Waals surface area contributed by atoms with Crippen LogP contribution in [0.4, 0.5) is 4.79 Å². The predicted octanol–water partition coefficient (Wildman–Crippen LogP) is 0.309. The number of guanidine groups is 1. The molecule has 1 fully saturated rings. The number of carbonyl (C=O) groups excluding carboxylic acids is 2. The average Bonchev–Trinajstić information content (AvgIpc) is 3.78. The zero-order chi connectivity index (χ0) is 31.2. The average molecular weight is 628 g/mol. The zero-order valence-electron chi connectivity index (χ0n) is 23.7. The van der Waals surface area contributed by atoms with Crippen molar-refractivity contribution in [2.75, 3.05) is 32.7 Å². The molecule has 234 valence electrons. The van der Waals surface area contributed by atoms with E-state index in [4.69, 9.17) is 9.57 Å². The van der Waals surface area contributed by atoms with E-state index < -0.39 is 40.3 Å². The Balaban J connectivity index is 1.26. The number of ether oxygens (including phenoxy) is 1. The molecule has 3 aliphatic rings. The molecular formula is C28H33N7O8S. The normalized spacial score (nSPS) is 21.5. The summed E-state index contributed by atoms with van der Waals surface area (Å²) >= 11 is 0. The SMILES string of the molecule is O=CN(CC(NS(=O)(=O)c1ccccc1)C(=O)O)C1=NO[C@]2(C1)CC(CNC1=NCCN1)N(C(=O)OCc1ccccc1)C2. The Labute approximate surface area is 253 Å². The number of sulfonamides is 1. The number of rotatable bonds is 11. The van der Waals surface area contributed by atoms with E-state index in [1.807, 2.05) is 30.3 Å². The standard InChI is InChI=1S/C28H33N7O8S/c36-19-34(16-23(25(37)38)33-44(40,41)22-9-5-2-6-10-22)24-14-28(43-32-24)13-21(15-31-26-29-11-12-30-26)35(18-28)27(39)42-17-20-7-3-1-4-8-20/h1-10,19,21,23,33H,11-18H2,(H,37,38)(H2,29,30,31)/t21?,23?,28-/m0/s1. The van der Waals surface area contributed by atoms with Crippen molar-refractivity contribution >= 4 is 40.3 Å². The fourth-order valence-electron chi connectivity index (χ4n) is 5.25. The topological polar surface area (TPSA) is 191 Å². The summed E-state index contributed by atoms with van der Waals surface area (Å²) in [5.41, 5.74) is -0.184. The second kappa shape index (κ2) is 13.3. The van der Waals surface area contributed by atoms with Crippen LogP contribution in [0.1, 0.15) is 18.4 Å². The molecule has 0 saturated carbocycles. The van der Waals surface area contributed by atoms with E-state index in [0.29, 0.717) is 38.4 Å². The van der Waals surface area contributed by atoms with Gasteiger partial charge in [-0.25, -0.2) is 13.2 Å². The number of aliphatic carboxylic acids is 1. The number of nitrogens with one attached hydrogen (secondary N) is 3. The van der Waals surface area contributed by atoms with E-state index in [9.17, 15) is 27.9 Å². The van der Waals surface area contributed by atoms with Crippen LogP contribution in [0.3, 0.4) is 0 Å². The third-order valence-corrected chi connectivity index (χ3v) is 8.93. The number of hydrogen-bond acceptors (Lipinski definition) is 11. The van der Waals surface area contributed by atoms with Gasteiger partial charge >= 0.3 is 12.1 Å². The largest absolute Gasteiger partial charge is 0.480 e. The van der Waals surface area contributed by atoms with E-state index in [1.54, 1.807) is 11.0 Å². The molecule has 0 bridgehead atoms. The first-order valence-corrected chi connectivity index (χ1v) is 15.4. The summed E-state index contributed by atoms with van der Waals surface area (Å²) in [4.78, 5) is 49.9. The van der Waals surface area contributed by atoms with Gasteiger partial charge in [-0.15, -0.1) is 0 Å². The van der Waals surface area contributed by atoms with E-state index >= 15 is 0 Å². The number of carbonyl (C=O) groups is 3. The molecule has 3 aliphatic heterocycles. The Morgan fingerprint density at radius 1 is 1.20 bits per heavy atom. The lowest BCUT2D eigenvalue weighted by molar-refractivity contribution is -0.139. The van der Waals surface area contributed by atoms with Gasteiger partial charge in [0, 0.05) is 19.5 Å². The molecule has 0 aromatic heterocycles. The van der Waals surface area contributed by atoms with Gasteiger partial charge in [-0.3, -0.25) is 24.4 Å². The van der Waals surface area contributed by atoms with Gasteiger partial charge in [-0.05, 0) is 17.7 Å². The highest BCUT2D eigenvalue weighted by Gasteiger charge is 2.53. The molecular weight excluding hydrogens is 594 g/mol. The van der Waals surface area contributed by atoms with Crippen molar-refractivity contribution in [3.05, 3.63) is 66.2 Å². The highest BCUT2D eigenvalue weighted by molar-refractivity contribution is 7.89. The zero-order valence-corrected chi connectivity index (χ0v) is 24.5. The summed E-state index contributed by atoms with van der Waals surface area (Å²) in [5, 5.41) is 20.2. The van der Waals surface area contributed by atoms with Crippen LogP contribution >= 0.6 is 0 Å². The fraction of sp³-hybridized carbons (Fsp3) is 0.393. The lowest BCUT2D eigenvalue weighted by Crippen LogP contribution is -2.49. The highest BCUT2D eigenvalue weighted by Crippen LogP contribution is 2.38. The monoisotopic (exact) mass is 627 g/mol. The quantitative estimate of drug-likeness (QED) is 0.252. The summed E-state index contributed by atoms with van der Waals surface area (Å²) in [7, 11) is -4.19. The molecule has 2 aromatic carbocycles.